The van der Waals surface area contributed by atoms with E-state index in [4.69, 9.17) is 19.2 Å². The Labute approximate surface area is 202 Å². The number of piperazine rings is 1. The number of carbonyl (C=O) groups excluding carboxylic acids is 1. The molecule has 8 nitrogen and oxygen atoms in total. The zero-order valence-corrected chi connectivity index (χ0v) is 21.0. The third-order valence-corrected chi connectivity index (χ3v) is 6.29. The minimum Gasteiger partial charge on any atom is -0.497 e. The predicted molar refractivity (Wildman–Crippen MR) is 133 cm³/mol. The van der Waals surface area contributed by atoms with Gasteiger partial charge in [-0.05, 0) is 51.8 Å². The van der Waals surface area contributed by atoms with Crippen molar-refractivity contribution in [2.45, 2.75) is 45.8 Å². The number of fused-ring (bicyclic) bond motifs is 1. The molecule has 0 spiro atoms. The number of carbonyl (C=O) groups is 1. The second-order valence-corrected chi connectivity index (χ2v) is 9.79. The molecule has 0 N–H and O–H groups in total. The summed E-state index contributed by atoms with van der Waals surface area (Å²) in [4.78, 5) is 23.7. The second-order valence-electron chi connectivity index (χ2n) is 9.79. The van der Waals surface area contributed by atoms with Crippen molar-refractivity contribution in [2.24, 2.45) is 0 Å². The minimum atomic E-state index is -0.478. The summed E-state index contributed by atoms with van der Waals surface area (Å²) in [5.74, 6) is 2.64. The van der Waals surface area contributed by atoms with Gasteiger partial charge in [-0.1, -0.05) is 0 Å². The lowest BCUT2D eigenvalue weighted by atomic mass is 10.0. The summed E-state index contributed by atoms with van der Waals surface area (Å²) < 4.78 is 16.5. The van der Waals surface area contributed by atoms with Crippen molar-refractivity contribution in [1.82, 2.24) is 9.88 Å². The molecule has 0 unspecified atom stereocenters. The molecule has 2 aliphatic rings. The molecule has 2 aromatic rings. The normalized spacial score (nSPS) is 16.2. The fourth-order valence-corrected chi connectivity index (χ4v) is 4.63. The number of amides is 1. The van der Waals surface area contributed by atoms with Crippen molar-refractivity contribution < 1.29 is 19.0 Å². The molecular weight excluding hydrogens is 432 g/mol. The van der Waals surface area contributed by atoms with Crippen LogP contribution in [0, 0.1) is 0 Å². The van der Waals surface area contributed by atoms with Crippen LogP contribution in [-0.4, -0.2) is 68.5 Å². The molecule has 184 valence electrons. The van der Waals surface area contributed by atoms with Crippen molar-refractivity contribution in [1.29, 1.82) is 0 Å². The van der Waals surface area contributed by atoms with E-state index in [0.717, 1.165) is 61.9 Å². The summed E-state index contributed by atoms with van der Waals surface area (Å²) >= 11 is 0. The fourth-order valence-electron chi connectivity index (χ4n) is 4.63. The number of pyridine rings is 1. The maximum atomic E-state index is 12.4. The highest BCUT2D eigenvalue weighted by atomic mass is 16.6. The lowest BCUT2D eigenvalue weighted by molar-refractivity contribution is 0.0240. The Morgan fingerprint density at radius 3 is 2.47 bits per heavy atom. The average molecular weight is 469 g/mol. The Bertz CT molecular complexity index is 1010. The minimum absolute atomic E-state index is 0.233. The van der Waals surface area contributed by atoms with E-state index in [9.17, 15) is 4.79 Å². The van der Waals surface area contributed by atoms with Crippen molar-refractivity contribution >= 4 is 17.6 Å². The summed E-state index contributed by atoms with van der Waals surface area (Å²) in [6.45, 7) is 10.2. The van der Waals surface area contributed by atoms with Gasteiger partial charge in [-0.2, -0.15) is 0 Å². The van der Waals surface area contributed by atoms with Gasteiger partial charge in [0.2, 0.25) is 0 Å². The molecule has 0 aliphatic carbocycles. The first kappa shape index (κ1) is 24.0. The molecular formula is C26H36N4O4. The zero-order valence-electron chi connectivity index (χ0n) is 21.0. The first-order valence-corrected chi connectivity index (χ1v) is 12.0. The highest BCUT2D eigenvalue weighted by Gasteiger charge is 2.29. The van der Waals surface area contributed by atoms with E-state index in [-0.39, 0.29) is 6.09 Å². The fraction of sp³-hybridized carbons (Fsp3) is 0.538. The Balaban J connectivity index is 1.49. The van der Waals surface area contributed by atoms with Crippen LogP contribution < -0.4 is 19.3 Å². The monoisotopic (exact) mass is 468 g/mol. The van der Waals surface area contributed by atoms with Gasteiger partial charge < -0.3 is 28.9 Å². The third kappa shape index (κ3) is 5.32. The van der Waals surface area contributed by atoms with Crippen LogP contribution in [0.1, 0.15) is 38.3 Å². The molecule has 1 saturated heterocycles. The summed E-state index contributed by atoms with van der Waals surface area (Å²) in [7, 11) is 3.35. The largest absolute Gasteiger partial charge is 0.497 e. The molecule has 1 fully saturated rings. The molecule has 0 bridgehead atoms. The molecule has 2 aliphatic heterocycles. The van der Waals surface area contributed by atoms with Crippen LogP contribution in [0.4, 0.5) is 16.3 Å². The van der Waals surface area contributed by atoms with E-state index >= 15 is 0 Å². The highest BCUT2D eigenvalue weighted by molar-refractivity contribution is 5.70. The van der Waals surface area contributed by atoms with Crippen LogP contribution in [0.25, 0.3) is 0 Å². The molecule has 3 heterocycles. The van der Waals surface area contributed by atoms with Gasteiger partial charge in [0.1, 0.15) is 22.9 Å². The summed E-state index contributed by atoms with van der Waals surface area (Å²) in [6.07, 6.45) is 3.74. The standard InChI is InChI=1S/C26H36N4O4/c1-26(2,3)34-25(31)29-15-13-28(14-16-29)22-10-11-27-24-21(22)7-6-12-30(24)18-19-8-9-20(32-4)17-23(19)33-5/h8-11,17H,6-7,12-16,18H2,1-5H3. The van der Waals surface area contributed by atoms with E-state index in [1.807, 2.05) is 39.1 Å². The number of ether oxygens (including phenoxy) is 3. The Kier molecular flexibility index (Phi) is 7.05. The Hall–Kier alpha value is -3.16. The topological polar surface area (TPSA) is 67.4 Å². The number of methoxy groups -OCH3 is 2. The van der Waals surface area contributed by atoms with E-state index in [0.29, 0.717) is 13.1 Å². The van der Waals surface area contributed by atoms with Gasteiger partial charge in [-0.3, -0.25) is 0 Å². The molecule has 0 atom stereocenters. The van der Waals surface area contributed by atoms with Crippen molar-refractivity contribution in [3.05, 3.63) is 41.6 Å². The predicted octanol–water partition coefficient (Wildman–Crippen LogP) is 4.11. The van der Waals surface area contributed by atoms with Crippen LogP contribution in [0.3, 0.4) is 0 Å². The van der Waals surface area contributed by atoms with Gasteiger partial charge in [0.15, 0.2) is 0 Å². The van der Waals surface area contributed by atoms with Crippen molar-refractivity contribution in [2.75, 3.05) is 56.7 Å². The van der Waals surface area contributed by atoms with Gasteiger partial charge in [-0.25, -0.2) is 9.78 Å². The van der Waals surface area contributed by atoms with Crippen molar-refractivity contribution in [3.8, 4) is 11.5 Å². The Morgan fingerprint density at radius 1 is 1.03 bits per heavy atom. The van der Waals surface area contributed by atoms with E-state index < -0.39 is 5.60 Å². The maximum Gasteiger partial charge on any atom is 0.410 e. The van der Waals surface area contributed by atoms with Crippen LogP contribution in [-0.2, 0) is 17.7 Å². The number of anilines is 2. The third-order valence-electron chi connectivity index (χ3n) is 6.29. The maximum absolute atomic E-state index is 12.4. The van der Waals surface area contributed by atoms with Crippen molar-refractivity contribution in [3.63, 3.8) is 0 Å². The van der Waals surface area contributed by atoms with Crippen LogP contribution in [0.15, 0.2) is 30.5 Å². The van der Waals surface area contributed by atoms with Gasteiger partial charge in [0, 0.05) is 68.3 Å². The SMILES string of the molecule is COc1ccc(CN2CCCc3c(N4CCN(C(=O)OC(C)(C)C)CC4)ccnc32)c(OC)c1. The highest BCUT2D eigenvalue weighted by Crippen LogP contribution is 2.35. The first-order chi connectivity index (χ1) is 16.3. The molecule has 0 saturated carbocycles. The smallest absolute Gasteiger partial charge is 0.410 e. The van der Waals surface area contributed by atoms with Gasteiger partial charge in [-0.15, -0.1) is 0 Å². The lowest BCUT2D eigenvalue weighted by Crippen LogP contribution is -2.50. The average Bonchev–Trinajstić information content (AvgIpc) is 2.83. The van der Waals surface area contributed by atoms with Crippen LogP contribution in [0.5, 0.6) is 11.5 Å². The number of hydrogen-bond acceptors (Lipinski definition) is 7. The summed E-state index contributed by atoms with van der Waals surface area (Å²) in [6, 6.07) is 8.07. The zero-order chi connectivity index (χ0) is 24.3. The summed E-state index contributed by atoms with van der Waals surface area (Å²) in [5, 5.41) is 0. The van der Waals surface area contributed by atoms with Gasteiger partial charge >= 0.3 is 6.09 Å². The second kappa shape index (κ2) is 9.99. The van der Waals surface area contributed by atoms with Gasteiger partial charge in [0.05, 0.1) is 14.2 Å². The number of benzene rings is 1. The molecule has 8 heteroatoms. The number of hydrogen-bond donors (Lipinski definition) is 0. The van der Waals surface area contributed by atoms with E-state index in [2.05, 4.69) is 21.9 Å². The summed E-state index contributed by atoms with van der Waals surface area (Å²) in [5.41, 5.74) is 3.13. The molecule has 1 amide bonds. The first-order valence-electron chi connectivity index (χ1n) is 12.0. The number of aromatic nitrogens is 1. The van der Waals surface area contributed by atoms with E-state index in [1.165, 1.54) is 11.3 Å². The molecule has 1 aromatic heterocycles. The molecule has 0 radical (unpaired) electrons. The number of nitrogens with zero attached hydrogens (tertiary/aromatic N) is 4. The van der Waals surface area contributed by atoms with Gasteiger partial charge in [0.25, 0.3) is 0 Å². The number of rotatable bonds is 5. The molecule has 34 heavy (non-hydrogen) atoms. The van der Waals surface area contributed by atoms with Crippen LogP contribution in [0.2, 0.25) is 0 Å². The lowest BCUT2D eigenvalue weighted by Gasteiger charge is -2.39. The van der Waals surface area contributed by atoms with E-state index in [1.54, 1.807) is 19.1 Å². The molecule has 1 aromatic carbocycles. The molecule has 4 rings (SSSR count). The van der Waals surface area contributed by atoms with Crippen LogP contribution >= 0.6 is 0 Å². The quantitative estimate of drug-likeness (QED) is 0.654. The Morgan fingerprint density at radius 2 is 1.79 bits per heavy atom.